The molecule has 4 nitrogen and oxygen atoms in total. The molecule has 0 spiro atoms. The van der Waals surface area contributed by atoms with Gasteiger partial charge in [0, 0.05) is 38.3 Å². The van der Waals surface area contributed by atoms with Crippen LogP contribution in [-0.2, 0) is 12.8 Å². The summed E-state index contributed by atoms with van der Waals surface area (Å²) in [7, 11) is 0. The minimum Gasteiger partial charge on any atom is -0.454 e. The SMILES string of the molecule is CCCc1cccc2c1oc1c(N(c3cc(C)cc(C)c3)c3cccccc4c(N(c5cc(C)cc(C)c5)c5cccc6c5oc5c(CCC)cccc56)ccc5ccc3cc54)cccc12. The van der Waals surface area contributed by atoms with Crippen molar-refractivity contribution in [2.45, 2.75) is 67.2 Å². The number of hydrogen-bond donors (Lipinski definition) is 0. The van der Waals surface area contributed by atoms with Gasteiger partial charge in [0.25, 0.3) is 0 Å². The number of nitrogens with zero attached hydrogens (tertiary/aromatic N) is 2. The Labute approximate surface area is 387 Å². The highest BCUT2D eigenvalue weighted by Crippen LogP contribution is 2.48. The second kappa shape index (κ2) is 16.8. The third-order valence-corrected chi connectivity index (χ3v) is 13.2. The number of hydrogen-bond acceptors (Lipinski definition) is 4. The fraction of sp³-hybridized carbons (Fsp3) is 0.161. The van der Waals surface area contributed by atoms with Crippen molar-refractivity contribution in [1.29, 1.82) is 0 Å². The summed E-state index contributed by atoms with van der Waals surface area (Å²) in [4.78, 5) is 4.82. The third kappa shape index (κ3) is 7.09. The molecule has 0 unspecified atom stereocenters. The van der Waals surface area contributed by atoms with E-state index in [4.69, 9.17) is 8.83 Å². The minimum absolute atomic E-state index is 0.881. The Bertz CT molecular complexity index is 3480. The molecule has 0 fully saturated rings. The number of fused-ring (bicyclic) bond motifs is 7. The van der Waals surface area contributed by atoms with Crippen LogP contribution in [0.2, 0.25) is 0 Å². The van der Waals surface area contributed by atoms with Gasteiger partial charge in [0.05, 0.1) is 22.7 Å². The maximum absolute atomic E-state index is 7.02. The largest absolute Gasteiger partial charge is 0.454 e. The van der Waals surface area contributed by atoms with Gasteiger partial charge in [-0.3, -0.25) is 0 Å². The van der Waals surface area contributed by atoms with Crippen molar-refractivity contribution in [2.24, 2.45) is 0 Å². The van der Waals surface area contributed by atoms with Crippen LogP contribution in [0.4, 0.5) is 34.1 Å². The highest BCUT2D eigenvalue weighted by molar-refractivity contribution is 6.15. The van der Waals surface area contributed by atoms with E-state index in [1.54, 1.807) is 0 Å². The Morgan fingerprint density at radius 3 is 1.29 bits per heavy atom. The van der Waals surface area contributed by atoms with Gasteiger partial charge in [0.1, 0.15) is 11.2 Å². The molecule has 324 valence electrons. The molecule has 0 N–H and O–H groups in total. The first-order chi connectivity index (χ1) is 32.3. The predicted molar refractivity (Wildman–Crippen MR) is 281 cm³/mol. The van der Waals surface area contributed by atoms with Crippen molar-refractivity contribution >= 4 is 99.5 Å². The number of anilines is 6. The van der Waals surface area contributed by atoms with Gasteiger partial charge in [-0.2, -0.15) is 0 Å². The Balaban J connectivity index is 1.19. The quantitative estimate of drug-likeness (QED) is 0.137. The van der Waals surface area contributed by atoms with Crippen LogP contribution in [0, 0.1) is 27.7 Å². The van der Waals surface area contributed by atoms with E-state index < -0.39 is 0 Å². The topological polar surface area (TPSA) is 32.8 Å². The summed E-state index contributed by atoms with van der Waals surface area (Å²) in [5, 5.41) is 9.09. The normalized spacial score (nSPS) is 11.7. The van der Waals surface area contributed by atoms with Crippen LogP contribution in [-0.4, -0.2) is 0 Å². The van der Waals surface area contributed by atoms with Crippen molar-refractivity contribution in [3.8, 4) is 0 Å². The molecule has 0 radical (unpaired) electrons. The van der Waals surface area contributed by atoms with Gasteiger partial charge < -0.3 is 18.6 Å². The molecule has 2 aromatic heterocycles. The summed E-state index contributed by atoms with van der Waals surface area (Å²) in [6.07, 6.45) is 4.03. The van der Waals surface area contributed by atoms with Crippen LogP contribution >= 0.6 is 0 Å². The van der Waals surface area contributed by atoms with E-state index in [0.29, 0.717) is 0 Å². The Morgan fingerprint density at radius 2 is 0.758 bits per heavy atom. The Hall–Kier alpha value is -7.56. The van der Waals surface area contributed by atoms with Gasteiger partial charge in [0.2, 0.25) is 0 Å². The number of para-hydroxylation sites is 4. The zero-order valence-electron chi connectivity index (χ0n) is 38.7. The lowest BCUT2D eigenvalue weighted by Gasteiger charge is -2.28. The third-order valence-electron chi connectivity index (χ3n) is 13.2. The number of benzene rings is 8. The lowest BCUT2D eigenvalue weighted by Crippen LogP contribution is -2.11. The molecule has 0 aliphatic heterocycles. The number of aryl methyl sites for hydroxylation is 6. The molecule has 0 saturated heterocycles. The maximum Gasteiger partial charge on any atom is 0.159 e. The van der Waals surface area contributed by atoms with Crippen molar-refractivity contribution in [2.75, 3.05) is 9.80 Å². The summed E-state index contributed by atoms with van der Waals surface area (Å²) in [6, 6.07) is 62.5. The number of furan rings is 2. The van der Waals surface area contributed by atoms with Crippen molar-refractivity contribution in [1.82, 2.24) is 0 Å². The first-order valence-electron chi connectivity index (χ1n) is 23.5. The molecular weight excluding hydrogens is 805 g/mol. The first-order valence-corrected chi connectivity index (χ1v) is 23.5. The second-order valence-corrected chi connectivity index (χ2v) is 18.2. The van der Waals surface area contributed by atoms with Crippen LogP contribution in [0.15, 0.2) is 179 Å². The first kappa shape index (κ1) is 41.2. The van der Waals surface area contributed by atoms with E-state index >= 15 is 0 Å². The molecule has 11 rings (SSSR count). The van der Waals surface area contributed by atoms with E-state index in [-0.39, 0.29) is 0 Å². The molecule has 0 aliphatic rings. The molecule has 9 aromatic carbocycles. The van der Waals surface area contributed by atoms with E-state index in [0.717, 1.165) is 120 Å². The summed E-state index contributed by atoms with van der Waals surface area (Å²) in [6.45, 7) is 13.2. The van der Waals surface area contributed by atoms with Gasteiger partial charge in [-0.1, -0.05) is 142 Å². The standard InChI is InChI=1S/C62H54N2O2/c1-7-16-44-18-12-21-50-52-23-14-26-57(61(52)65-59(44)50)63(47-34-39(3)32-40(4)35-47)55-25-11-9-10-20-49-54-38-46(55)29-28-43(54)30-31-56(49)64(48-36-41(5)33-42(6)37-48)58-27-15-24-53-51-22-13-19-45(17-8-2)60(51)66-62(53)58/h9-15,18-38H,7-8,16-17H2,1-6H3. The van der Waals surface area contributed by atoms with Gasteiger partial charge >= 0.3 is 0 Å². The van der Waals surface area contributed by atoms with Crippen LogP contribution in [0.25, 0.3) is 65.4 Å². The fourth-order valence-corrected chi connectivity index (χ4v) is 10.5. The molecule has 0 aliphatic carbocycles. The van der Waals surface area contributed by atoms with Gasteiger partial charge in [-0.25, -0.2) is 0 Å². The summed E-state index contributed by atoms with van der Waals surface area (Å²) < 4.78 is 14.0. The van der Waals surface area contributed by atoms with Gasteiger partial charge in [0.15, 0.2) is 11.2 Å². The molecule has 11 aromatic rings. The Kier molecular flexibility index (Phi) is 10.5. The predicted octanol–water partition coefficient (Wildman–Crippen LogP) is 18.4. The van der Waals surface area contributed by atoms with Gasteiger partial charge in [-0.15, -0.1) is 0 Å². The summed E-state index contributed by atoms with van der Waals surface area (Å²) in [5.41, 5.74) is 17.3. The molecule has 66 heavy (non-hydrogen) atoms. The molecule has 0 amide bonds. The zero-order valence-corrected chi connectivity index (χ0v) is 38.7. The molecule has 0 atom stereocenters. The van der Waals surface area contributed by atoms with Crippen LogP contribution in [0.5, 0.6) is 0 Å². The smallest absolute Gasteiger partial charge is 0.159 e. The van der Waals surface area contributed by atoms with E-state index in [9.17, 15) is 0 Å². The minimum atomic E-state index is 0.881. The van der Waals surface area contributed by atoms with Crippen molar-refractivity contribution in [3.05, 3.63) is 203 Å². The summed E-state index contributed by atoms with van der Waals surface area (Å²) in [5.74, 6) is 0. The van der Waals surface area contributed by atoms with Crippen LogP contribution in [0.1, 0.15) is 60.1 Å². The van der Waals surface area contributed by atoms with Gasteiger partial charge in [-0.05, 0) is 145 Å². The fourth-order valence-electron chi connectivity index (χ4n) is 10.5. The average Bonchev–Trinajstić information content (AvgIpc) is 3.89. The van der Waals surface area contributed by atoms with Crippen LogP contribution in [0.3, 0.4) is 0 Å². The van der Waals surface area contributed by atoms with Crippen LogP contribution < -0.4 is 9.80 Å². The molecular formula is C62H54N2O2. The maximum atomic E-state index is 7.02. The zero-order chi connectivity index (χ0) is 45.1. The van der Waals surface area contributed by atoms with E-state index in [1.807, 2.05) is 0 Å². The van der Waals surface area contributed by atoms with Crippen molar-refractivity contribution < 1.29 is 8.83 Å². The molecule has 4 heteroatoms. The Morgan fingerprint density at radius 1 is 0.333 bits per heavy atom. The van der Waals surface area contributed by atoms with E-state index in [1.165, 1.54) is 38.8 Å². The molecule has 2 bridgehead atoms. The summed E-state index contributed by atoms with van der Waals surface area (Å²) >= 11 is 0. The molecule has 0 saturated carbocycles. The lowest BCUT2D eigenvalue weighted by atomic mass is 9.99. The average molecular weight is 859 g/mol. The van der Waals surface area contributed by atoms with Crippen molar-refractivity contribution in [3.63, 3.8) is 0 Å². The second-order valence-electron chi connectivity index (χ2n) is 18.2. The van der Waals surface area contributed by atoms with E-state index in [2.05, 4.69) is 221 Å². The number of rotatable bonds is 10. The molecule has 2 heterocycles. The monoisotopic (exact) mass is 858 g/mol. The lowest BCUT2D eigenvalue weighted by molar-refractivity contribution is 0.661. The highest BCUT2D eigenvalue weighted by atomic mass is 16.3. The highest BCUT2D eigenvalue weighted by Gasteiger charge is 2.24.